The lowest BCUT2D eigenvalue weighted by Gasteiger charge is -2.19. The Morgan fingerprint density at radius 1 is 1.06 bits per heavy atom. The Bertz CT molecular complexity index is 1310. The van der Waals surface area contributed by atoms with Gasteiger partial charge in [0.2, 0.25) is 5.96 Å². The highest BCUT2D eigenvalue weighted by Gasteiger charge is 2.21. The van der Waals surface area contributed by atoms with E-state index in [0.29, 0.717) is 10.7 Å². The third kappa shape index (κ3) is 7.50. The number of guanidine groups is 1. The zero-order chi connectivity index (χ0) is 26.7. The first kappa shape index (κ1) is 26.6. The number of nitrogens with two attached hydrogens (primary N) is 1. The predicted molar refractivity (Wildman–Crippen MR) is 132 cm³/mol. The second kappa shape index (κ2) is 10.3. The monoisotopic (exact) mass is 516 g/mol. The summed E-state index contributed by atoms with van der Waals surface area (Å²) in [4.78, 5) is 45.2. The SMILES string of the molecule is CC(C)(C)OC(=O)Cc1ccc(OC(=O)c2ccc(/N=C(/N)NC(=O)OC(C)(C)C)s2)c2ncnn12. The number of aliphatic imine (C=N–C) groups is 1. The van der Waals surface area contributed by atoms with Crippen molar-refractivity contribution in [1.29, 1.82) is 0 Å². The van der Waals surface area contributed by atoms with Crippen LogP contribution < -0.4 is 15.8 Å². The van der Waals surface area contributed by atoms with Crippen molar-refractivity contribution >= 4 is 46.0 Å². The van der Waals surface area contributed by atoms with Crippen LogP contribution in [0.2, 0.25) is 0 Å². The topological polar surface area (TPSA) is 159 Å². The number of carbonyl (C=O) groups excluding carboxylic acids is 3. The van der Waals surface area contributed by atoms with E-state index in [9.17, 15) is 14.4 Å². The molecule has 0 unspecified atom stereocenters. The number of amides is 1. The molecule has 0 aliphatic heterocycles. The third-order valence-corrected chi connectivity index (χ3v) is 5.03. The molecule has 1 amide bonds. The molecule has 13 heteroatoms. The molecular formula is C23H28N6O6S. The van der Waals surface area contributed by atoms with E-state index in [2.05, 4.69) is 20.4 Å². The summed E-state index contributed by atoms with van der Waals surface area (Å²) in [7, 11) is 0. The van der Waals surface area contributed by atoms with Crippen molar-refractivity contribution in [2.45, 2.75) is 59.2 Å². The summed E-state index contributed by atoms with van der Waals surface area (Å²) in [5.74, 6) is -1.09. The van der Waals surface area contributed by atoms with Gasteiger partial charge in [0.25, 0.3) is 0 Å². The van der Waals surface area contributed by atoms with Crippen molar-refractivity contribution in [1.82, 2.24) is 19.9 Å². The maximum absolute atomic E-state index is 12.7. The lowest BCUT2D eigenvalue weighted by molar-refractivity contribution is -0.154. The van der Waals surface area contributed by atoms with Gasteiger partial charge in [-0.2, -0.15) is 5.10 Å². The van der Waals surface area contributed by atoms with Crippen LogP contribution in [-0.4, -0.2) is 49.8 Å². The van der Waals surface area contributed by atoms with Crippen LogP contribution in [0.3, 0.4) is 0 Å². The number of thiophene rings is 1. The number of hydrogen-bond acceptors (Lipinski definition) is 10. The Hall–Kier alpha value is -4.00. The van der Waals surface area contributed by atoms with Crippen molar-refractivity contribution in [2.24, 2.45) is 10.7 Å². The molecule has 0 aromatic carbocycles. The van der Waals surface area contributed by atoms with Gasteiger partial charge in [0, 0.05) is 0 Å². The minimum absolute atomic E-state index is 0.0314. The van der Waals surface area contributed by atoms with Crippen LogP contribution in [0.1, 0.15) is 56.9 Å². The molecule has 3 rings (SSSR count). The first-order valence-corrected chi connectivity index (χ1v) is 11.7. The Morgan fingerprint density at radius 3 is 2.42 bits per heavy atom. The summed E-state index contributed by atoms with van der Waals surface area (Å²) in [6.45, 7) is 10.5. The summed E-state index contributed by atoms with van der Waals surface area (Å²) >= 11 is 1.01. The van der Waals surface area contributed by atoms with E-state index in [1.165, 1.54) is 23.0 Å². The number of nitrogens with zero attached hydrogens (tertiary/aromatic N) is 4. The van der Waals surface area contributed by atoms with Crippen molar-refractivity contribution in [3.63, 3.8) is 0 Å². The van der Waals surface area contributed by atoms with Gasteiger partial charge >= 0.3 is 18.0 Å². The zero-order valence-electron chi connectivity index (χ0n) is 20.8. The molecule has 36 heavy (non-hydrogen) atoms. The Balaban J connectivity index is 1.70. The number of pyridine rings is 1. The Labute approximate surface area is 211 Å². The van der Waals surface area contributed by atoms with Gasteiger partial charge in [-0.25, -0.2) is 24.1 Å². The third-order valence-electron chi connectivity index (χ3n) is 4.07. The molecule has 0 atom stereocenters. The first-order chi connectivity index (χ1) is 16.7. The average Bonchev–Trinajstić information content (AvgIpc) is 3.36. The summed E-state index contributed by atoms with van der Waals surface area (Å²) in [6.07, 6.45) is 0.521. The maximum Gasteiger partial charge on any atom is 0.414 e. The highest BCUT2D eigenvalue weighted by atomic mass is 32.1. The van der Waals surface area contributed by atoms with E-state index < -0.39 is 29.2 Å². The molecule has 0 fully saturated rings. The summed E-state index contributed by atoms with van der Waals surface area (Å²) < 4.78 is 17.4. The molecule has 0 bridgehead atoms. The van der Waals surface area contributed by atoms with Crippen LogP contribution in [0.5, 0.6) is 5.75 Å². The molecule has 12 nitrogen and oxygen atoms in total. The molecule has 3 aromatic rings. The van der Waals surface area contributed by atoms with Gasteiger partial charge < -0.3 is 19.9 Å². The minimum Gasteiger partial charge on any atom is -0.460 e. The number of aromatic nitrogens is 3. The molecule has 0 saturated heterocycles. The van der Waals surface area contributed by atoms with Gasteiger partial charge in [0.1, 0.15) is 27.4 Å². The molecule has 0 aliphatic rings. The van der Waals surface area contributed by atoms with Gasteiger partial charge in [-0.1, -0.05) is 0 Å². The molecule has 0 saturated carbocycles. The first-order valence-electron chi connectivity index (χ1n) is 10.9. The van der Waals surface area contributed by atoms with Gasteiger partial charge in [-0.15, -0.1) is 11.3 Å². The molecule has 0 radical (unpaired) electrons. The lowest BCUT2D eigenvalue weighted by atomic mass is 10.2. The highest BCUT2D eigenvalue weighted by molar-refractivity contribution is 7.17. The number of fused-ring (bicyclic) bond motifs is 1. The molecule has 0 aliphatic carbocycles. The summed E-state index contributed by atoms with van der Waals surface area (Å²) in [6, 6.07) is 6.23. The normalized spacial score (nSPS) is 12.3. The van der Waals surface area contributed by atoms with Crippen LogP contribution >= 0.6 is 11.3 Å². The standard InChI is InChI=1S/C23H28N6O6S/c1-22(2,3)34-17(30)11-13-7-8-14(18-25-12-26-29(13)18)33-19(31)15-9-10-16(36-15)27-20(24)28-21(32)35-23(4,5)6/h7-10,12H,11H2,1-6H3,(H3,24,27,28,32). The number of carbonyl (C=O) groups is 3. The molecule has 3 N–H and O–H groups in total. The molecular weight excluding hydrogens is 488 g/mol. The summed E-state index contributed by atoms with van der Waals surface area (Å²) in [5.41, 5.74) is 5.24. The quantitative estimate of drug-likeness (QED) is 0.294. The van der Waals surface area contributed by atoms with Crippen LogP contribution in [0.4, 0.5) is 9.80 Å². The van der Waals surface area contributed by atoms with Crippen molar-refractivity contribution in [3.05, 3.63) is 41.2 Å². The average molecular weight is 517 g/mol. The Morgan fingerprint density at radius 2 is 1.75 bits per heavy atom. The second-order valence-corrected chi connectivity index (χ2v) is 10.7. The van der Waals surface area contributed by atoms with Crippen LogP contribution in [0.15, 0.2) is 35.6 Å². The van der Waals surface area contributed by atoms with Gasteiger partial charge in [-0.05, 0) is 65.8 Å². The molecule has 3 aromatic heterocycles. The van der Waals surface area contributed by atoms with Gasteiger partial charge in [0.15, 0.2) is 11.4 Å². The van der Waals surface area contributed by atoms with Crippen LogP contribution in [-0.2, 0) is 20.7 Å². The fraction of sp³-hybridized carbons (Fsp3) is 0.391. The van der Waals surface area contributed by atoms with Crippen LogP contribution in [0.25, 0.3) is 5.65 Å². The second-order valence-electron chi connectivity index (χ2n) is 9.60. The number of ether oxygens (including phenoxy) is 3. The van der Waals surface area contributed by atoms with Crippen LogP contribution in [0, 0.1) is 0 Å². The Kier molecular flexibility index (Phi) is 7.62. The van der Waals surface area contributed by atoms with Crippen molar-refractivity contribution in [3.8, 4) is 5.75 Å². The molecule has 0 spiro atoms. The minimum atomic E-state index is -0.743. The number of alkyl carbamates (subject to hydrolysis) is 1. The largest absolute Gasteiger partial charge is 0.460 e. The molecule has 192 valence electrons. The van der Waals surface area contributed by atoms with E-state index in [1.807, 2.05) is 0 Å². The van der Waals surface area contributed by atoms with Crippen molar-refractivity contribution < 1.29 is 28.6 Å². The molecule has 3 heterocycles. The highest BCUT2D eigenvalue weighted by Crippen LogP contribution is 2.27. The van der Waals surface area contributed by atoms with E-state index >= 15 is 0 Å². The van der Waals surface area contributed by atoms with E-state index in [-0.39, 0.29) is 28.7 Å². The van der Waals surface area contributed by atoms with E-state index in [1.54, 1.807) is 53.7 Å². The predicted octanol–water partition coefficient (Wildman–Crippen LogP) is 3.37. The smallest absolute Gasteiger partial charge is 0.414 e. The van der Waals surface area contributed by atoms with E-state index in [0.717, 1.165) is 11.3 Å². The zero-order valence-corrected chi connectivity index (χ0v) is 21.6. The van der Waals surface area contributed by atoms with Gasteiger partial charge in [0.05, 0.1) is 12.1 Å². The number of esters is 2. The number of rotatable bonds is 5. The van der Waals surface area contributed by atoms with Crippen molar-refractivity contribution in [2.75, 3.05) is 0 Å². The maximum atomic E-state index is 12.7. The fourth-order valence-electron chi connectivity index (χ4n) is 2.88. The summed E-state index contributed by atoms with van der Waals surface area (Å²) in [5, 5.41) is 6.81. The number of hydrogen-bond donors (Lipinski definition) is 2. The lowest BCUT2D eigenvalue weighted by Crippen LogP contribution is -2.40. The van der Waals surface area contributed by atoms with Gasteiger partial charge in [-0.3, -0.25) is 10.1 Å². The number of nitrogens with one attached hydrogen (secondary N) is 1. The fourth-order valence-corrected chi connectivity index (χ4v) is 3.64. The van der Waals surface area contributed by atoms with E-state index in [4.69, 9.17) is 19.9 Å².